The number of aliphatic hydroxyl groups is 1. The molecular weight excluding hydrogens is 1730 g/mol. The standard InChI is InChI=1S/C33H54O61S11/c1-72-13-15(83-32-26(94-105(69,70)71)19(90-101(57,58)59)12(87-98(48,49)50)9(80-32)6-77-97(45,46)47)20(27(34)35)85-30(23(13)74-3)81-11-8(5-76-96(42,43)44)79-31(25(93-104(66,67)68)18(11)89-100(54,55)56)84-16-14(73-2)24(92-103(63,64)65)33(86-21(16)28(36)37)82-10-7(4-75-95(39,40)41)78-29(38)22(91-102(60,61)62)17(10)88-99(51,52)53/h7-26,29-33,38H,4-6H2,1-3H3,(H,34,35)(H,36,37)(H,39,40,41)(H,42,43,44)(H,45,46,47)(H,48,49,50)(H,51,52,53)(H,54,55,56)(H,57,58,59)(H,60,61,62)(H,63,64,65)(H,66,67,68)(H,69,70,71)/t7-,8-,9-,10-,11-,12-,13+,14+,15+,16+,17-,18+,19+,20+,21-,22-,23-,24-,25-,26-,29?,30-,31-,32-,33-/m1/s1. The van der Waals surface area contributed by atoms with Gasteiger partial charge in [-0.3, -0.25) is 50.1 Å². The molecule has 0 aliphatic carbocycles. The number of aliphatic carboxylic acids is 2. The van der Waals surface area contributed by atoms with Crippen molar-refractivity contribution in [2.75, 3.05) is 41.2 Å². The Labute approximate surface area is 588 Å². The second-order valence-corrected chi connectivity index (χ2v) is 31.9. The number of aliphatic hydroxyl groups excluding tert-OH is 1. The molecule has 0 saturated carbocycles. The Bertz CT molecular complexity index is 4360. The molecule has 105 heavy (non-hydrogen) atoms. The van der Waals surface area contributed by atoms with Gasteiger partial charge in [0.25, 0.3) is 0 Å². The maximum Gasteiger partial charge on any atom is 0.397 e. The first-order valence-corrected chi connectivity index (χ1v) is 41.0. The van der Waals surface area contributed by atoms with Crippen LogP contribution in [0.25, 0.3) is 0 Å². The molecule has 0 aromatic carbocycles. The van der Waals surface area contributed by atoms with E-state index in [-0.39, 0.29) is 0 Å². The molecule has 5 heterocycles. The summed E-state index contributed by atoms with van der Waals surface area (Å²) in [6.45, 7) is -5.90. The zero-order valence-electron chi connectivity index (χ0n) is 50.5. The SMILES string of the molecule is CO[C@@H]1[C@@H](OC)[C@H](O[C@H]2[C@H](OS(=O)(=O)O)[C@@H](OS(=O)(=O)O)[C@@H](O[C@H]3[C@H](OC)[C@@H](OS(=O)(=O)O)[C@H](O[C@H]4[C@@H](OS(=O)(=O)O)[C@@H](OS(=O)(=O)O)C(O)O[C@@H]4COS(=O)(=O)O)O[C@H]3C(=O)O)O[C@@H]2COS(=O)(=O)O)O[C@H](C(=O)O)[C@H]1O[C@H]1O[C@H](COS(=O)(=O)O)[C@@H](OS(=O)(=O)O)[C@H](OS(=O)(=O)O)[C@H]1OS(=O)(=O)O. The zero-order chi connectivity index (χ0) is 80.5. The number of ether oxygens (including phenoxy) is 12. The van der Waals surface area contributed by atoms with Crippen molar-refractivity contribution in [3.63, 3.8) is 0 Å². The number of carboxylic acids is 2. The highest BCUT2D eigenvalue weighted by molar-refractivity contribution is 7.83. The Morgan fingerprint density at radius 1 is 0.267 bits per heavy atom. The Morgan fingerprint density at radius 3 is 0.781 bits per heavy atom. The molecule has 0 bridgehead atoms. The van der Waals surface area contributed by atoms with Crippen LogP contribution in [0.2, 0.25) is 0 Å². The van der Waals surface area contributed by atoms with Crippen LogP contribution in [0, 0.1) is 0 Å². The van der Waals surface area contributed by atoms with Crippen LogP contribution in [0.1, 0.15) is 0 Å². The second kappa shape index (κ2) is 34.9. The lowest BCUT2D eigenvalue weighted by Gasteiger charge is -2.51. The van der Waals surface area contributed by atoms with Crippen LogP contribution in [0.5, 0.6) is 0 Å². The van der Waals surface area contributed by atoms with Gasteiger partial charge < -0.3 is 72.2 Å². The van der Waals surface area contributed by atoms with Gasteiger partial charge >= 0.3 is 126 Å². The Balaban J connectivity index is 1.71. The van der Waals surface area contributed by atoms with E-state index in [4.69, 9.17) is 56.8 Å². The number of rotatable bonds is 38. The van der Waals surface area contributed by atoms with Crippen LogP contribution in [-0.4, -0.2) is 365 Å². The molecular formula is C33H54O61S11. The van der Waals surface area contributed by atoms with E-state index >= 15 is 0 Å². The van der Waals surface area contributed by atoms with Crippen LogP contribution in [0.4, 0.5) is 0 Å². The van der Waals surface area contributed by atoms with Crippen molar-refractivity contribution < 1.29 is 270 Å². The van der Waals surface area contributed by atoms with Crippen LogP contribution in [0.3, 0.4) is 0 Å². The van der Waals surface area contributed by atoms with Crippen molar-refractivity contribution in [1.82, 2.24) is 0 Å². The quantitative estimate of drug-likeness (QED) is 0.0255. The van der Waals surface area contributed by atoms with Gasteiger partial charge in [0.1, 0.15) is 85.5 Å². The Hall–Kier alpha value is -3.01. The molecule has 1 unspecified atom stereocenters. The predicted octanol–water partition coefficient (Wildman–Crippen LogP) is -11.7. The highest BCUT2D eigenvalue weighted by atomic mass is 32.3. The lowest BCUT2D eigenvalue weighted by atomic mass is 9.95. The molecule has 0 aromatic heterocycles. The van der Waals surface area contributed by atoms with Gasteiger partial charge in [0.05, 0.1) is 19.8 Å². The van der Waals surface area contributed by atoms with Crippen molar-refractivity contribution >= 4 is 126 Å². The van der Waals surface area contributed by atoms with Crippen molar-refractivity contribution in [2.45, 2.75) is 154 Å². The lowest BCUT2D eigenvalue weighted by molar-refractivity contribution is -0.384. The molecule has 5 aliphatic rings. The van der Waals surface area contributed by atoms with E-state index in [1.165, 1.54) is 0 Å². The molecule has 0 aromatic rings. The molecule has 72 heteroatoms. The number of hydrogen-bond donors (Lipinski definition) is 14. The minimum absolute atomic E-state index is 0.348. The van der Waals surface area contributed by atoms with Crippen molar-refractivity contribution in [1.29, 1.82) is 0 Å². The first-order chi connectivity index (χ1) is 47.3. The summed E-state index contributed by atoms with van der Waals surface area (Å²) in [6, 6.07) is 0. The summed E-state index contributed by atoms with van der Waals surface area (Å²) in [5.41, 5.74) is 0. The largest absolute Gasteiger partial charge is 0.479 e. The third kappa shape index (κ3) is 28.9. The number of methoxy groups -OCH3 is 3. The summed E-state index contributed by atoms with van der Waals surface area (Å²) in [5.74, 6) is -5.09. The van der Waals surface area contributed by atoms with Gasteiger partial charge in [0.15, 0.2) is 68.1 Å². The number of carbonyl (C=O) groups is 2. The maximum atomic E-state index is 13.3. The van der Waals surface area contributed by atoms with Gasteiger partial charge in [-0.15, -0.1) is 0 Å². The molecule has 0 radical (unpaired) electrons. The van der Waals surface area contributed by atoms with Crippen LogP contribution in [0.15, 0.2) is 0 Å². The molecule has 618 valence electrons. The van der Waals surface area contributed by atoms with E-state index in [2.05, 4.69) is 46.0 Å². The lowest BCUT2D eigenvalue weighted by Crippen LogP contribution is -2.70. The topological polar surface area (TPSA) is 905 Å². The summed E-state index contributed by atoms with van der Waals surface area (Å²) >= 11 is 0. The fourth-order valence-electron chi connectivity index (χ4n) is 9.98. The van der Waals surface area contributed by atoms with E-state index in [0.29, 0.717) is 21.3 Å². The molecule has 14 N–H and O–H groups in total. The van der Waals surface area contributed by atoms with E-state index in [1.54, 1.807) is 0 Å². The van der Waals surface area contributed by atoms with Crippen LogP contribution in [-0.2, 0) is 227 Å². The minimum atomic E-state index is -6.50. The monoisotopic (exact) mass is 1780 g/mol. The summed E-state index contributed by atoms with van der Waals surface area (Å²) < 4.78 is 487. The normalized spacial score (nSPS) is 35.6. The van der Waals surface area contributed by atoms with E-state index < -0.39 is 300 Å². The number of hydrogen-bond acceptors (Lipinski definition) is 48. The molecule has 61 nitrogen and oxygen atoms in total. The highest BCUT2D eigenvalue weighted by Crippen LogP contribution is 2.42. The first kappa shape index (κ1) is 92.6. The molecule has 5 aliphatic heterocycles. The highest BCUT2D eigenvalue weighted by Gasteiger charge is 2.64. The zero-order valence-corrected chi connectivity index (χ0v) is 59.5. The summed E-state index contributed by atoms with van der Waals surface area (Å²) in [5, 5.41) is 31.9. The summed E-state index contributed by atoms with van der Waals surface area (Å²) in [4.78, 5) is 26.6. The Kier molecular flexibility index (Phi) is 30.8. The van der Waals surface area contributed by atoms with Crippen LogP contribution < -0.4 is 0 Å². The minimum Gasteiger partial charge on any atom is -0.479 e. The van der Waals surface area contributed by atoms with E-state index in [0.717, 1.165) is 0 Å². The third-order valence-corrected chi connectivity index (χ3v) is 18.3. The average molecular weight is 1780 g/mol. The van der Waals surface area contributed by atoms with E-state index in [1.807, 2.05) is 0 Å². The average Bonchev–Trinajstić information content (AvgIpc) is 0.757. The van der Waals surface area contributed by atoms with E-state index in [9.17, 15) is 168 Å². The first-order valence-electron chi connectivity index (χ1n) is 26.0. The predicted molar refractivity (Wildman–Crippen MR) is 297 cm³/mol. The molecule has 5 fully saturated rings. The molecule has 5 rings (SSSR count). The fourth-order valence-corrected chi connectivity index (χ4v) is 14.8. The molecule has 25 atom stereocenters. The smallest absolute Gasteiger partial charge is 0.397 e. The number of carboxylic acid groups (broad SMARTS) is 2. The van der Waals surface area contributed by atoms with Crippen molar-refractivity contribution in [3.8, 4) is 0 Å². The van der Waals surface area contributed by atoms with Crippen molar-refractivity contribution in [3.05, 3.63) is 0 Å². The van der Waals surface area contributed by atoms with Gasteiger partial charge in [-0.1, -0.05) is 0 Å². The molecule has 0 amide bonds. The van der Waals surface area contributed by atoms with Gasteiger partial charge in [-0.2, -0.15) is 92.6 Å². The fraction of sp³-hybridized carbons (Fsp3) is 0.939. The molecule has 0 spiro atoms. The third-order valence-electron chi connectivity index (χ3n) is 13.3. The summed E-state index contributed by atoms with van der Waals surface area (Å²) in [6.07, 6.45) is -78.3. The van der Waals surface area contributed by atoms with Crippen molar-refractivity contribution in [2.24, 2.45) is 0 Å². The second-order valence-electron chi connectivity index (χ2n) is 20.2. The van der Waals surface area contributed by atoms with Gasteiger partial charge in [0, 0.05) is 21.3 Å². The van der Waals surface area contributed by atoms with Gasteiger partial charge in [-0.25, -0.2) is 55.6 Å². The van der Waals surface area contributed by atoms with Crippen LogP contribution >= 0.6 is 0 Å². The summed E-state index contributed by atoms with van der Waals surface area (Å²) in [7, 11) is -66.5. The molecule has 5 saturated heterocycles. The Morgan fingerprint density at radius 2 is 0.486 bits per heavy atom. The van der Waals surface area contributed by atoms with Gasteiger partial charge in [-0.05, 0) is 0 Å². The maximum absolute atomic E-state index is 13.3. The van der Waals surface area contributed by atoms with Gasteiger partial charge in [0.2, 0.25) is 0 Å².